The molecule has 0 aliphatic carbocycles. The van der Waals surface area contributed by atoms with E-state index in [0.717, 1.165) is 5.56 Å². The fourth-order valence-electron chi connectivity index (χ4n) is 1.26. The van der Waals surface area contributed by atoms with E-state index in [4.69, 9.17) is 5.11 Å². The highest BCUT2D eigenvalue weighted by Gasteiger charge is 1.97. The van der Waals surface area contributed by atoms with Crippen LogP contribution in [0.4, 0.5) is 5.82 Å². The molecular weight excluding hydrogens is 204 g/mol. The highest BCUT2D eigenvalue weighted by atomic mass is 16.3. The molecule has 2 N–H and O–H groups in total. The molecule has 5 heteroatoms. The molecule has 0 saturated carbocycles. The van der Waals surface area contributed by atoms with Crippen LogP contribution in [-0.2, 0) is 13.2 Å². The second-order valence-corrected chi connectivity index (χ2v) is 3.27. The van der Waals surface area contributed by atoms with E-state index in [1.165, 1.54) is 6.20 Å². The van der Waals surface area contributed by atoms with E-state index in [1.807, 2.05) is 12.1 Å². The van der Waals surface area contributed by atoms with E-state index in [0.29, 0.717) is 18.1 Å². The first-order chi connectivity index (χ1) is 7.88. The van der Waals surface area contributed by atoms with Gasteiger partial charge in [0.05, 0.1) is 24.7 Å². The number of anilines is 1. The van der Waals surface area contributed by atoms with Gasteiger partial charge in [-0.25, -0.2) is 4.98 Å². The Balaban J connectivity index is 1.99. The molecule has 0 unspecified atom stereocenters. The highest BCUT2D eigenvalue weighted by Crippen LogP contribution is 2.04. The Labute approximate surface area is 93.2 Å². The van der Waals surface area contributed by atoms with Crippen LogP contribution in [0.25, 0.3) is 0 Å². The van der Waals surface area contributed by atoms with Crippen LogP contribution in [0.3, 0.4) is 0 Å². The zero-order valence-electron chi connectivity index (χ0n) is 8.67. The molecule has 0 atom stereocenters. The standard InChI is InChI=1S/C11H12N4O/c16-8-10-6-13-7-11(15-10)14-5-9-2-1-3-12-4-9/h1-4,6-7,16H,5,8H2,(H,14,15). The number of hydrogen-bond acceptors (Lipinski definition) is 5. The lowest BCUT2D eigenvalue weighted by molar-refractivity contribution is 0.276. The average Bonchev–Trinajstić information content (AvgIpc) is 2.38. The van der Waals surface area contributed by atoms with Gasteiger partial charge in [0, 0.05) is 18.9 Å². The van der Waals surface area contributed by atoms with Gasteiger partial charge in [0.25, 0.3) is 0 Å². The van der Waals surface area contributed by atoms with Crippen LogP contribution >= 0.6 is 0 Å². The number of aliphatic hydroxyl groups is 1. The molecule has 16 heavy (non-hydrogen) atoms. The first-order valence-corrected chi connectivity index (χ1v) is 4.93. The Bertz CT molecular complexity index is 447. The predicted octanol–water partition coefficient (Wildman–Crippen LogP) is 0.976. The largest absolute Gasteiger partial charge is 0.390 e. The van der Waals surface area contributed by atoms with Gasteiger partial charge in [0.1, 0.15) is 5.82 Å². The summed E-state index contributed by atoms with van der Waals surface area (Å²) in [5.41, 5.74) is 1.62. The van der Waals surface area contributed by atoms with Crippen molar-refractivity contribution in [1.29, 1.82) is 0 Å². The van der Waals surface area contributed by atoms with E-state index in [9.17, 15) is 0 Å². The minimum Gasteiger partial charge on any atom is -0.390 e. The number of pyridine rings is 1. The Hall–Kier alpha value is -2.01. The minimum absolute atomic E-state index is 0.102. The summed E-state index contributed by atoms with van der Waals surface area (Å²) in [6.45, 7) is 0.535. The topological polar surface area (TPSA) is 70.9 Å². The first kappa shape index (κ1) is 10.5. The molecule has 0 bridgehead atoms. The number of nitrogens with one attached hydrogen (secondary N) is 1. The van der Waals surface area contributed by atoms with E-state index in [2.05, 4.69) is 20.3 Å². The fraction of sp³-hybridized carbons (Fsp3) is 0.182. The normalized spacial score (nSPS) is 10.1. The molecule has 0 saturated heterocycles. The summed E-state index contributed by atoms with van der Waals surface area (Å²) in [5, 5.41) is 12.0. The molecule has 82 valence electrons. The predicted molar refractivity (Wildman–Crippen MR) is 59.5 cm³/mol. The SMILES string of the molecule is OCc1cncc(NCc2cccnc2)n1. The van der Waals surface area contributed by atoms with Crippen molar-refractivity contribution in [3.8, 4) is 0 Å². The average molecular weight is 216 g/mol. The van der Waals surface area contributed by atoms with Crippen molar-refractivity contribution in [1.82, 2.24) is 15.0 Å². The zero-order chi connectivity index (χ0) is 11.2. The molecule has 2 heterocycles. The summed E-state index contributed by atoms with van der Waals surface area (Å²) in [5.74, 6) is 0.649. The lowest BCUT2D eigenvalue weighted by Crippen LogP contribution is -2.03. The van der Waals surface area contributed by atoms with Gasteiger partial charge in [-0.1, -0.05) is 6.07 Å². The van der Waals surface area contributed by atoms with Gasteiger partial charge in [0.15, 0.2) is 0 Å². The molecule has 0 aromatic carbocycles. The molecule has 0 aliphatic rings. The van der Waals surface area contributed by atoms with Crippen molar-refractivity contribution in [2.45, 2.75) is 13.2 Å². The van der Waals surface area contributed by atoms with Crippen molar-refractivity contribution < 1.29 is 5.11 Å². The maximum Gasteiger partial charge on any atom is 0.145 e. The van der Waals surface area contributed by atoms with Crippen molar-refractivity contribution in [3.63, 3.8) is 0 Å². The quantitative estimate of drug-likeness (QED) is 0.797. The molecular formula is C11H12N4O. The van der Waals surface area contributed by atoms with Gasteiger partial charge in [0.2, 0.25) is 0 Å². The van der Waals surface area contributed by atoms with E-state index in [1.54, 1.807) is 18.6 Å². The van der Waals surface area contributed by atoms with E-state index in [-0.39, 0.29) is 6.61 Å². The lowest BCUT2D eigenvalue weighted by Gasteiger charge is -2.05. The van der Waals surface area contributed by atoms with Gasteiger partial charge >= 0.3 is 0 Å². The van der Waals surface area contributed by atoms with Crippen LogP contribution < -0.4 is 5.32 Å². The van der Waals surface area contributed by atoms with E-state index >= 15 is 0 Å². The monoisotopic (exact) mass is 216 g/mol. The third kappa shape index (κ3) is 2.74. The Morgan fingerprint density at radius 2 is 2.12 bits per heavy atom. The molecule has 2 rings (SSSR count). The molecule has 0 radical (unpaired) electrons. The van der Waals surface area contributed by atoms with Crippen LogP contribution in [0.15, 0.2) is 36.9 Å². The molecule has 0 spiro atoms. The summed E-state index contributed by atoms with van der Waals surface area (Å²) >= 11 is 0. The number of rotatable bonds is 4. The zero-order valence-corrected chi connectivity index (χ0v) is 8.67. The lowest BCUT2D eigenvalue weighted by atomic mass is 10.3. The van der Waals surface area contributed by atoms with Crippen molar-refractivity contribution in [3.05, 3.63) is 48.2 Å². The number of aromatic nitrogens is 3. The second-order valence-electron chi connectivity index (χ2n) is 3.27. The van der Waals surface area contributed by atoms with Gasteiger partial charge in [-0.15, -0.1) is 0 Å². The summed E-state index contributed by atoms with van der Waals surface area (Å²) < 4.78 is 0. The Morgan fingerprint density at radius 3 is 2.88 bits per heavy atom. The molecule has 2 aromatic heterocycles. The number of nitrogens with zero attached hydrogens (tertiary/aromatic N) is 3. The summed E-state index contributed by atoms with van der Waals surface area (Å²) in [7, 11) is 0. The molecule has 0 fully saturated rings. The van der Waals surface area contributed by atoms with E-state index < -0.39 is 0 Å². The molecule has 0 amide bonds. The molecule has 0 aliphatic heterocycles. The summed E-state index contributed by atoms with van der Waals surface area (Å²) in [4.78, 5) is 12.1. The fourth-order valence-corrected chi connectivity index (χ4v) is 1.26. The maximum atomic E-state index is 8.91. The summed E-state index contributed by atoms with van der Waals surface area (Å²) in [6, 6.07) is 3.86. The molecule has 2 aromatic rings. The third-order valence-electron chi connectivity index (χ3n) is 2.04. The van der Waals surface area contributed by atoms with Gasteiger partial charge in [-0.3, -0.25) is 9.97 Å². The van der Waals surface area contributed by atoms with Gasteiger partial charge < -0.3 is 10.4 Å². The number of aliphatic hydroxyl groups excluding tert-OH is 1. The minimum atomic E-state index is -0.102. The summed E-state index contributed by atoms with van der Waals surface area (Å²) in [6.07, 6.45) is 6.68. The van der Waals surface area contributed by atoms with Gasteiger partial charge in [-0.05, 0) is 11.6 Å². The second kappa shape index (κ2) is 5.18. The third-order valence-corrected chi connectivity index (χ3v) is 2.04. The Morgan fingerprint density at radius 1 is 1.19 bits per heavy atom. The van der Waals surface area contributed by atoms with Crippen molar-refractivity contribution >= 4 is 5.82 Å². The smallest absolute Gasteiger partial charge is 0.145 e. The van der Waals surface area contributed by atoms with Crippen LogP contribution in [-0.4, -0.2) is 20.1 Å². The first-order valence-electron chi connectivity index (χ1n) is 4.93. The van der Waals surface area contributed by atoms with Crippen LogP contribution in [0.5, 0.6) is 0 Å². The molecule has 5 nitrogen and oxygen atoms in total. The van der Waals surface area contributed by atoms with Crippen molar-refractivity contribution in [2.75, 3.05) is 5.32 Å². The van der Waals surface area contributed by atoms with Crippen molar-refractivity contribution in [2.24, 2.45) is 0 Å². The number of hydrogen-bond donors (Lipinski definition) is 2. The highest BCUT2D eigenvalue weighted by molar-refractivity contribution is 5.32. The van der Waals surface area contributed by atoms with Crippen LogP contribution in [0.1, 0.15) is 11.3 Å². The maximum absolute atomic E-state index is 8.91. The van der Waals surface area contributed by atoms with Crippen LogP contribution in [0.2, 0.25) is 0 Å². The van der Waals surface area contributed by atoms with Gasteiger partial charge in [-0.2, -0.15) is 0 Å². The van der Waals surface area contributed by atoms with Crippen LogP contribution in [0, 0.1) is 0 Å². The Kier molecular flexibility index (Phi) is 3.40.